The third kappa shape index (κ3) is 4.18. The molecular formula is C11H19NO4. The van der Waals surface area contributed by atoms with Crippen molar-refractivity contribution in [2.24, 2.45) is 5.92 Å². The van der Waals surface area contributed by atoms with Crippen molar-refractivity contribution in [2.75, 3.05) is 6.61 Å². The van der Waals surface area contributed by atoms with Gasteiger partial charge in [0.05, 0.1) is 12.5 Å². The summed E-state index contributed by atoms with van der Waals surface area (Å²) in [4.78, 5) is 22.2. The van der Waals surface area contributed by atoms with Crippen LogP contribution in [0, 0.1) is 5.92 Å². The number of carboxylic acids is 1. The summed E-state index contributed by atoms with van der Waals surface area (Å²) >= 11 is 0. The second-order valence-corrected chi connectivity index (χ2v) is 4.41. The van der Waals surface area contributed by atoms with Crippen LogP contribution in [0.3, 0.4) is 0 Å². The fraction of sp³-hybridized carbons (Fsp3) is 0.818. The van der Waals surface area contributed by atoms with E-state index < -0.39 is 5.97 Å². The van der Waals surface area contributed by atoms with Gasteiger partial charge in [0.15, 0.2) is 0 Å². The molecule has 1 aliphatic rings. The predicted octanol–water partition coefficient (Wildman–Crippen LogP) is 0.781. The first-order chi connectivity index (χ1) is 7.49. The highest BCUT2D eigenvalue weighted by molar-refractivity contribution is 5.79. The minimum atomic E-state index is -0.895. The van der Waals surface area contributed by atoms with Crippen LogP contribution in [0.4, 0.5) is 0 Å². The lowest BCUT2D eigenvalue weighted by Crippen LogP contribution is -2.41. The van der Waals surface area contributed by atoms with Crippen LogP contribution < -0.4 is 5.32 Å². The largest absolute Gasteiger partial charge is 0.481 e. The molecule has 5 nitrogen and oxygen atoms in total. The van der Waals surface area contributed by atoms with Gasteiger partial charge in [-0.15, -0.1) is 0 Å². The van der Waals surface area contributed by atoms with Crippen LogP contribution >= 0.6 is 0 Å². The van der Waals surface area contributed by atoms with E-state index in [1.165, 1.54) is 0 Å². The SMILES string of the molecule is CC(CC(=O)O)NC(=O)C1CCOC(C)C1. The Morgan fingerprint density at radius 2 is 2.25 bits per heavy atom. The second-order valence-electron chi connectivity index (χ2n) is 4.41. The number of hydrogen-bond acceptors (Lipinski definition) is 3. The van der Waals surface area contributed by atoms with Crippen LogP contribution in [-0.2, 0) is 14.3 Å². The smallest absolute Gasteiger partial charge is 0.305 e. The van der Waals surface area contributed by atoms with E-state index in [-0.39, 0.29) is 30.4 Å². The van der Waals surface area contributed by atoms with Gasteiger partial charge in [0, 0.05) is 18.6 Å². The number of rotatable bonds is 4. The van der Waals surface area contributed by atoms with Crippen molar-refractivity contribution in [3.8, 4) is 0 Å². The molecule has 1 aliphatic heterocycles. The lowest BCUT2D eigenvalue weighted by Gasteiger charge is -2.27. The first kappa shape index (κ1) is 13.0. The minimum absolute atomic E-state index is 0.0372. The van der Waals surface area contributed by atoms with E-state index in [1.807, 2.05) is 6.92 Å². The summed E-state index contributed by atoms with van der Waals surface area (Å²) < 4.78 is 5.35. The molecule has 1 heterocycles. The molecule has 0 saturated carbocycles. The first-order valence-electron chi connectivity index (χ1n) is 5.62. The third-order valence-corrected chi connectivity index (χ3v) is 2.73. The van der Waals surface area contributed by atoms with Crippen LogP contribution in [-0.4, -0.2) is 35.7 Å². The molecule has 1 amide bonds. The van der Waals surface area contributed by atoms with Gasteiger partial charge >= 0.3 is 5.97 Å². The topological polar surface area (TPSA) is 75.6 Å². The van der Waals surface area contributed by atoms with Crippen LogP contribution in [0.25, 0.3) is 0 Å². The van der Waals surface area contributed by atoms with Crippen LogP contribution in [0.15, 0.2) is 0 Å². The summed E-state index contributed by atoms with van der Waals surface area (Å²) in [5.74, 6) is -0.989. The minimum Gasteiger partial charge on any atom is -0.481 e. The normalized spacial score (nSPS) is 27.1. The number of carboxylic acid groups (broad SMARTS) is 1. The van der Waals surface area contributed by atoms with Gasteiger partial charge in [-0.25, -0.2) is 0 Å². The highest BCUT2D eigenvalue weighted by Gasteiger charge is 2.26. The van der Waals surface area contributed by atoms with Crippen molar-refractivity contribution >= 4 is 11.9 Å². The Balaban J connectivity index is 2.36. The number of amides is 1. The van der Waals surface area contributed by atoms with Crippen molar-refractivity contribution in [3.63, 3.8) is 0 Å². The fourth-order valence-corrected chi connectivity index (χ4v) is 1.91. The third-order valence-electron chi connectivity index (χ3n) is 2.73. The van der Waals surface area contributed by atoms with Crippen molar-refractivity contribution in [1.29, 1.82) is 0 Å². The monoisotopic (exact) mass is 229 g/mol. The maximum absolute atomic E-state index is 11.8. The van der Waals surface area contributed by atoms with Gasteiger partial charge in [0.1, 0.15) is 0 Å². The van der Waals surface area contributed by atoms with E-state index >= 15 is 0 Å². The fourth-order valence-electron chi connectivity index (χ4n) is 1.91. The van der Waals surface area contributed by atoms with Crippen LogP contribution in [0.1, 0.15) is 33.1 Å². The Labute approximate surface area is 95.2 Å². The molecule has 92 valence electrons. The molecule has 1 rings (SSSR count). The Hall–Kier alpha value is -1.10. The van der Waals surface area contributed by atoms with Gasteiger partial charge in [-0.2, -0.15) is 0 Å². The summed E-state index contributed by atoms with van der Waals surface area (Å²) in [6.45, 7) is 4.25. The molecule has 0 aromatic carbocycles. The molecule has 3 unspecified atom stereocenters. The van der Waals surface area contributed by atoms with Gasteiger partial charge in [-0.05, 0) is 26.7 Å². The molecule has 0 aromatic rings. The molecule has 0 radical (unpaired) electrons. The summed E-state index contributed by atoms with van der Waals surface area (Å²) in [5, 5.41) is 11.3. The molecule has 3 atom stereocenters. The van der Waals surface area contributed by atoms with E-state index in [0.29, 0.717) is 13.0 Å². The van der Waals surface area contributed by atoms with E-state index in [0.717, 1.165) is 6.42 Å². The standard InChI is InChI=1S/C11H19NO4/c1-7(5-10(13)14)12-11(15)9-3-4-16-8(2)6-9/h7-9H,3-6H2,1-2H3,(H,12,15)(H,13,14). The molecule has 16 heavy (non-hydrogen) atoms. The Morgan fingerprint density at radius 1 is 1.56 bits per heavy atom. The maximum Gasteiger partial charge on any atom is 0.305 e. The summed E-state index contributed by atoms with van der Waals surface area (Å²) in [7, 11) is 0. The number of nitrogens with one attached hydrogen (secondary N) is 1. The highest BCUT2D eigenvalue weighted by Crippen LogP contribution is 2.20. The zero-order valence-corrected chi connectivity index (χ0v) is 9.73. The zero-order valence-electron chi connectivity index (χ0n) is 9.73. The van der Waals surface area contributed by atoms with Crippen molar-refractivity contribution < 1.29 is 19.4 Å². The highest BCUT2D eigenvalue weighted by atomic mass is 16.5. The average Bonchev–Trinajstić information content (AvgIpc) is 2.16. The Bertz CT molecular complexity index is 267. The van der Waals surface area contributed by atoms with E-state index in [2.05, 4.69) is 5.32 Å². The molecule has 0 bridgehead atoms. The molecule has 2 N–H and O–H groups in total. The van der Waals surface area contributed by atoms with Gasteiger partial charge < -0.3 is 15.2 Å². The van der Waals surface area contributed by atoms with Gasteiger partial charge in [0.2, 0.25) is 5.91 Å². The van der Waals surface area contributed by atoms with Gasteiger partial charge in [0.25, 0.3) is 0 Å². The summed E-state index contributed by atoms with van der Waals surface area (Å²) in [6, 6.07) is -0.317. The molecule has 0 aliphatic carbocycles. The van der Waals surface area contributed by atoms with Crippen LogP contribution in [0.5, 0.6) is 0 Å². The predicted molar refractivity (Wildman–Crippen MR) is 58.0 cm³/mol. The molecule has 5 heteroatoms. The number of aliphatic carboxylic acids is 1. The molecule has 0 spiro atoms. The average molecular weight is 229 g/mol. The maximum atomic E-state index is 11.8. The van der Waals surface area contributed by atoms with E-state index in [4.69, 9.17) is 9.84 Å². The first-order valence-corrected chi connectivity index (χ1v) is 5.62. The lowest BCUT2D eigenvalue weighted by atomic mass is 9.95. The zero-order chi connectivity index (χ0) is 12.1. The quantitative estimate of drug-likeness (QED) is 0.747. The molecule has 1 fully saturated rings. The summed E-state index contributed by atoms with van der Waals surface area (Å²) in [6.07, 6.45) is 1.51. The van der Waals surface area contributed by atoms with Gasteiger partial charge in [-0.3, -0.25) is 9.59 Å². The van der Waals surface area contributed by atoms with Crippen molar-refractivity contribution in [3.05, 3.63) is 0 Å². The molecule has 0 aromatic heterocycles. The van der Waals surface area contributed by atoms with E-state index in [9.17, 15) is 9.59 Å². The van der Waals surface area contributed by atoms with Gasteiger partial charge in [-0.1, -0.05) is 0 Å². The second kappa shape index (κ2) is 5.84. The number of hydrogen-bond donors (Lipinski definition) is 2. The Kier molecular flexibility index (Phi) is 4.73. The van der Waals surface area contributed by atoms with Crippen LogP contribution in [0.2, 0.25) is 0 Å². The number of carbonyl (C=O) groups excluding carboxylic acids is 1. The number of carbonyl (C=O) groups is 2. The number of ether oxygens (including phenoxy) is 1. The molecule has 1 saturated heterocycles. The van der Waals surface area contributed by atoms with Crippen molar-refractivity contribution in [1.82, 2.24) is 5.32 Å². The van der Waals surface area contributed by atoms with Crippen molar-refractivity contribution in [2.45, 2.75) is 45.3 Å². The Morgan fingerprint density at radius 3 is 2.81 bits per heavy atom. The molecular weight excluding hydrogens is 210 g/mol. The summed E-state index contributed by atoms with van der Waals surface area (Å²) in [5.41, 5.74) is 0. The van der Waals surface area contributed by atoms with E-state index in [1.54, 1.807) is 6.92 Å². The lowest BCUT2D eigenvalue weighted by molar-refractivity contribution is -0.138.